The molecule has 0 aromatic heterocycles. The van der Waals surface area contributed by atoms with E-state index < -0.39 is 0 Å². The molecule has 0 bridgehead atoms. The molecule has 0 saturated heterocycles. The molecule has 0 heterocycles. The Morgan fingerprint density at radius 1 is 0.800 bits per heavy atom. The van der Waals surface area contributed by atoms with Crippen molar-refractivity contribution in [3.8, 4) is 0 Å². The molecule has 2 nitrogen and oxygen atoms in total. The molecule has 16 valence electrons. The van der Waals surface area contributed by atoms with E-state index in [1.165, 1.54) is 0 Å². The largest absolute Gasteiger partial charge is 3.00 e. The van der Waals surface area contributed by atoms with Gasteiger partial charge in [-0.2, -0.15) is 0 Å². The standard InChI is InChI=1S/Al.Mg.2H2O.Zn/h;;2*1H2;/q+3;+2;;;+2/p-2. The third kappa shape index (κ3) is 25.4. The molecule has 0 aliphatic carbocycles. The SMILES string of the molecule is [Al+3].[Mg+2].[OH-].[OH-].[Zn+2]. The first-order valence-corrected chi connectivity index (χ1v) is 0. The normalized spacial score (nSPS) is 0. The molecule has 0 aromatic rings. The first-order valence-electron chi connectivity index (χ1n) is 0. The second-order valence-electron chi connectivity index (χ2n) is 0. The molecule has 0 unspecified atom stereocenters. The molecule has 0 aliphatic heterocycles. The Morgan fingerprint density at radius 2 is 0.800 bits per heavy atom. The van der Waals surface area contributed by atoms with Crippen LogP contribution in [0.3, 0.4) is 0 Å². The van der Waals surface area contributed by atoms with Crippen molar-refractivity contribution in [2.24, 2.45) is 0 Å². The zero-order chi connectivity index (χ0) is 0. The van der Waals surface area contributed by atoms with Gasteiger partial charge >= 0.3 is 59.9 Å². The van der Waals surface area contributed by atoms with Crippen LogP contribution in [0.5, 0.6) is 0 Å². The van der Waals surface area contributed by atoms with E-state index in [2.05, 4.69) is 0 Å². The van der Waals surface area contributed by atoms with E-state index in [4.69, 9.17) is 0 Å². The molecular weight excluding hydrogens is 149 g/mol. The van der Waals surface area contributed by atoms with Gasteiger partial charge in [-0.05, 0) is 0 Å². The van der Waals surface area contributed by atoms with Gasteiger partial charge in [-0.1, -0.05) is 0 Å². The first kappa shape index (κ1) is 68.8. The molecule has 0 radical (unpaired) electrons. The molecule has 5 heteroatoms. The van der Waals surface area contributed by atoms with Crippen LogP contribution >= 0.6 is 0 Å². The van der Waals surface area contributed by atoms with Crippen molar-refractivity contribution in [1.82, 2.24) is 0 Å². The second-order valence-corrected chi connectivity index (χ2v) is 0. The summed E-state index contributed by atoms with van der Waals surface area (Å²) in [5, 5.41) is 0. The van der Waals surface area contributed by atoms with Gasteiger partial charge in [0.15, 0.2) is 0 Å². The predicted octanol–water partition coefficient (Wildman–Crippen LogP) is -1.12. The summed E-state index contributed by atoms with van der Waals surface area (Å²) in [5.74, 6) is 0. The van der Waals surface area contributed by atoms with Gasteiger partial charge in [0.2, 0.25) is 0 Å². The third-order valence-corrected chi connectivity index (χ3v) is 0. The van der Waals surface area contributed by atoms with Crippen LogP contribution in [-0.2, 0) is 19.5 Å². The topological polar surface area (TPSA) is 60.0 Å². The predicted molar refractivity (Wildman–Crippen MR) is 15.4 cm³/mol. The average molecular weight is 151 g/mol. The Balaban J connectivity index is 0. The Morgan fingerprint density at radius 3 is 0.800 bits per heavy atom. The molecule has 0 aliphatic rings. The van der Waals surface area contributed by atoms with E-state index in [1.807, 2.05) is 0 Å². The maximum absolute atomic E-state index is 0. The molecule has 0 spiro atoms. The summed E-state index contributed by atoms with van der Waals surface area (Å²) in [6.07, 6.45) is 0. The zero-order valence-corrected chi connectivity index (χ0v) is 8.42. The summed E-state index contributed by atoms with van der Waals surface area (Å²) in [4.78, 5) is 0. The minimum Gasteiger partial charge on any atom is -0.870 e. The van der Waals surface area contributed by atoms with Gasteiger partial charge in [-0.25, -0.2) is 0 Å². The fourth-order valence-corrected chi connectivity index (χ4v) is 0. The van der Waals surface area contributed by atoms with Crippen LogP contribution in [0, 0.1) is 0 Å². The van der Waals surface area contributed by atoms with E-state index in [0.717, 1.165) is 0 Å². The Bertz CT molecular complexity index is 9.61. The maximum atomic E-state index is 0. The molecule has 2 N–H and O–H groups in total. The Kier molecular flexibility index (Phi) is 556. The van der Waals surface area contributed by atoms with Crippen LogP contribution in [0.1, 0.15) is 0 Å². The van der Waals surface area contributed by atoms with E-state index >= 15 is 0 Å². The quantitative estimate of drug-likeness (QED) is 0.411. The van der Waals surface area contributed by atoms with Crippen molar-refractivity contribution in [3.05, 3.63) is 0 Å². The van der Waals surface area contributed by atoms with Crippen LogP contribution in [-0.4, -0.2) is 51.4 Å². The summed E-state index contributed by atoms with van der Waals surface area (Å²) < 4.78 is 0. The minimum absolute atomic E-state index is 0. The van der Waals surface area contributed by atoms with Gasteiger partial charge in [0, 0.05) is 0 Å². The smallest absolute Gasteiger partial charge is 0.870 e. The Hall–Kier alpha value is 1.84. The van der Waals surface area contributed by atoms with Crippen molar-refractivity contribution in [2.75, 3.05) is 0 Å². The Labute approximate surface area is 70.4 Å². The van der Waals surface area contributed by atoms with Gasteiger partial charge in [-0.3, -0.25) is 0 Å². The van der Waals surface area contributed by atoms with E-state index in [-0.39, 0.29) is 70.8 Å². The summed E-state index contributed by atoms with van der Waals surface area (Å²) in [6, 6.07) is 0. The average Bonchev–Trinajstić information content (AvgIpc) is 0. The molecule has 5 heavy (non-hydrogen) atoms. The van der Waals surface area contributed by atoms with Crippen molar-refractivity contribution < 1.29 is 30.4 Å². The molecule has 0 amide bonds. The van der Waals surface area contributed by atoms with Crippen molar-refractivity contribution in [3.63, 3.8) is 0 Å². The van der Waals surface area contributed by atoms with E-state index in [1.54, 1.807) is 0 Å². The fourth-order valence-electron chi connectivity index (χ4n) is 0. The van der Waals surface area contributed by atoms with Crippen LogP contribution in [0.25, 0.3) is 0 Å². The van der Waals surface area contributed by atoms with Crippen LogP contribution in [0.4, 0.5) is 0 Å². The van der Waals surface area contributed by atoms with Gasteiger partial charge in [0.25, 0.3) is 0 Å². The number of hydrogen-bond donors (Lipinski definition) is 0. The van der Waals surface area contributed by atoms with E-state index in [0.29, 0.717) is 0 Å². The van der Waals surface area contributed by atoms with Crippen molar-refractivity contribution >= 4 is 40.4 Å². The molecule has 0 fully saturated rings. The minimum atomic E-state index is 0. The number of rotatable bonds is 0. The summed E-state index contributed by atoms with van der Waals surface area (Å²) in [7, 11) is 0. The van der Waals surface area contributed by atoms with Crippen LogP contribution in [0.2, 0.25) is 0 Å². The maximum Gasteiger partial charge on any atom is 3.00 e. The van der Waals surface area contributed by atoms with Crippen molar-refractivity contribution in [2.45, 2.75) is 0 Å². The van der Waals surface area contributed by atoms with Crippen molar-refractivity contribution in [1.29, 1.82) is 0 Å². The monoisotopic (exact) mass is 149 g/mol. The summed E-state index contributed by atoms with van der Waals surface area (Å²) >= 11 is 0. The molecule has 0 atom stereocenters. The fraction of sp³-hybridized carbons (Fsp3) is 0. The molecular formula is H2AlMgO2Zn+5. The summed E-state index contributed by atoms with van der Waals surface area (Å²) in [5.41, 5.74) is 0. The van der Waals surface area contributed by atoms with Gasteiger partial charge in [-0.15, -0.1) is 0 Å². The molecule has 0 saturated carbocycles. The summed E-state index contributed by atoms with van der Waals surface area (Å²) in [6.45, 7) is 0. The van der Waals surface area contributed by atoms with Crippen LogP contribution in [0.15, 0.2) is 0 Å². The van der Waals surface area contributed by atoms with Gasteiger partial charge in [0.1, 0.15) is 0 Å². The van der Waals surface area contributed by atoms with E-state index in [9.17, 15) is 0 Å². The molecule has 0 rings (SSSR count). The van der Waals surface area contributed by atoms with Gasteiger partial charge < -0.3 is 11.0 Å². The number of hydrogen-bond acceptors (Lipinski definition) is 2. The van der Waals surface area contributed by atoms with Crippen LogP contribution < -0.4 is 0 Å². The first-order chi connectivity index (χ1) is 0. The molecule has 0 aromatic carbocycles. The van der Waals surface area contributed by atoms with Gasteiger partial charge in [0.05, 0.1) is 0 Å². The third-order valence-electron chi connectivity index (χ3n) is 0. The second kappa shape index (κ2) is 40.4. The zero-order valence-electron chi connectivity index (χ0n) is 2.89.